The third-order valence-electron chi connectivity index (χ3n) is 3.21. The second-order valence-electron chi connectivity index (χ2n) is 4.67. The van der Waals surface area contributed by atoms with Crippen LogP contribution in [0.15, 0.2) is 42.5 Å². The van der Waals surface area contributed by atoms with E-state index in [2.05, 4.69) is 5.32 Å². The Hall–Kier alpha value is -2.20. The van der Waals surface area contributed by atoms with Crippen LogP contribution < -0.4 is 15.8 Å². The molecule has 0 bridgehead atoms. The number of halogens is 1. The maximum absolute atomic E-state index is 12.3. The molecule has 0 aliphatic carbocycles. The number of rotatable bonds is 4. The molecule has 1 amide bonds. The highest BCUT2D eigenvalue weighted by Crippen LogP contribution is 2.25. The van der Waals surface area contributed by atoms with Crippen LogP contribution in [0.5, 0.6) is 5.75 Å². The summed E-state index contributed by atoms with van der Waals surface area (Å²) in [4.78, 5) is 12.3. The van der Waals surface area contributed by atoms with E-state index in [1.165, 1.54) is 0 Å². The Morgan fingerprint density at radius 2 is 2.00 bits per heavy atom. The molecule has 0 aliphatic rings. The Bertz CT molecular complexity index is 658. The predicted octanol–water partition coefficient (Wildman–Crippen LogP) is 3.42. The maximum Gasteiger partial charge on any atom is 0.253 e. The Balaban J connectivity index is 2.19. The van der Waals surface area contributed by atoms with E-state index < -0.39 is 0 Å². The van der Waals surface area contributed by atoms with Crippen molar-refractivity contribution in [1.29, 1.82) is 0 Å². The van der Waals surface area contributed by atoms with Crippen molar-refractivity contribution in [1.82, 2.24) is 5.32 Å². The van der Waals surface area contributed by atoms with E-state index in [0.29, 0.717) is 16.3 Å². The summed E-state index contributed by atoms with van der Waals surface area (Å²) >= 11 is 5.83. The summed E-state index contributed by atoms with van der Waals surface area (Å²) < 4.78 is 5.30. The highest BCUT2D eigenvalue weighted by atomic mass is 35.5. The molecule has 5 heteroatoms. The van der Waals surface area contributed by atoms with Gasteiger partial charge in [0.15, 0.2) is 0 Å². The molecule has 2 rings (SSSR count). The van der Waals surface area contributed by atoms with Crippen LogP contribution in [0.4, 0.5) is 5.69 Å². The molecule has 3 N–H and O–H groups in total. The maximum atomic E-state index is 12.3. The van der Waals surface area contributed by atoms with Crippen LogP contribution in [0.3, 0.4) is 0 Å². The van der Waals surface area contributed by atoms with E-state index in [1.54, 1.807) is 25.3 Å². The van der Waals surface area contributed by atoms with Crippen molar-refractivity contribution in [3.05, 3.63) is 58.6 Å². The van der Waals surface area contributed by atoms with Crippen LogP contribution in [0.1, 0.15) is 28.9 Å². The molecule has 4 nitrogen and oxygen atoms in total. The van der Waals surface area contributed by atoms with E-state index in [1.807, 2.05) is 31.2 Å². The van der Waals surface area contributed by atoms with Crippen molar-refractivity contribution in [2.75, 3.05) is 12.8 Å². The fraction of sp³-hybridized carbons (Fsp3) is 0.188. The lowest BCUT2D eigenvalue weighted by atomic mass is 10.1. The number of nitrogens with two attached hydrogens (primary N) is 1. The van der Waals surface area contributed by atoms with Crippen LogP contribution in [-0.2, 0) is 0 Å². The van der Waals surface area contributed by atoms with Gasteiger partial charge >= 0.3 is 0 Å². The van der Waals surface area contributed by atoms with Crippen molar-refractivity contribution in [3.8, 4) is 5.75 Å². The molecule has 0 aliphatic heterocycles. The average Bonchev–Trinajstić information content (AvgIpc) is 2.46. The van der Waals surface area contributed by atoms with Gasteiger partial charge in [-0.1, -0.05) is 29.8 Å². The molecule has 0 fully saturated rings. The summed E-state index contributed by atoms with van der Waals surface area (Å²) in [5, 5.41) is 3.41. The number of nitrogens with one attached hydrogen (secondary N) is 1. The van der Waals surface area contributed by atoms with Crippen LogP contribution in [-0.4, -0.2) is 13.0 Å². The topological polar surface area (TPSA) is 64.3 Å². The number of ether oxygens (including phenoxy) is 1. The lowest BCUT2D eigenvalue weighted by Gasteiger charge is -2.17. The van der Waals surface area contributed by atoms with E-state index in [4.69, 9.17) is 22.1 Å². The SMILES string of the molecule is COc1ccccc1C(C)NC(=O)c1ccc(Cl)cc1N. The van der Waals surface area contributed by atoms with Crippen molar-refractivity contribution >= 4 is 23.2 Å². The van der Waals surface area contributed by atoms with E-state index in [9.17, 15) is 4.79 Å². The molecule has 0 radical (unpaired) electrons. The van der Waals surface area contributed by atoms with E-state index in [0.717, 1.165) is 11.3 Å². The number of benzene rings is 2. The van der Waals surface area contributed by atoms with E-state index >= 15 is 0 Å². The third kappa shape index (κ3) is 3.47. The quantitative estimate of drug-likeness (QED) is 0.851. The zero-order valence-corrected chi connectivity index (χ0v) is 12.6. The summed E-state index contributed by atoms with van der Waals surface area (Å²) in [7, 11) is 1.60. The lowest BCUT2D eigenvalue weighted by molar-refractivity contribution is 0.0940. The summed E-state index contributed by atoms with van der Waals surface area (Å²) in [6.45, 7) is 1.89. The fourth-order valence-corrected chi connectivity index (χ4v) is 2.30. The highest BCUT2D eigenvalue weighted by molar-refractivity contribution is 6.31. The van der Waals surface area contributed by atoms with Crippen LogP contribution in [0.25, 0.3) is 0 Å². The molecule has 2 aromatic rings. The minimum absolute atomic E-state index is 0.205. The van der Waals surface area contributed by atoms with Crippen LogP contribution in [0, 0.1) is 0 Å². The third-order valence-corrected chi connectivity index (χ3v) is 3.45. The van der Waals surface area contributed by atoms with Crippen molar-refractivity contribution in [2.45, 2.75) is 13.0 Å². The van der Waals surface area contributed by atoms with Gasteiger partial charge in [-0.15, -0.1) is 0 Å². The molecule has 0 saturated carbocycles. The first-order valence-corrected chi connectivity index (χ1v) is 6.89. The molecule has 1 unspecified atom stereocenters. The Morgan fingerprint density at radius 3 is 2.67 bits per heavy atom. The van der Waals surface area contributed by atoms with Gasteiger partial charge in [0.25, 0.3) is 5.91 Å². The first-order valence-electron chi connectivity index (χ1n) is 6.51. The summed E-state index contributed by atoms with van der Waals surface area (Å²) in [6.07, 6.45) is 0. The number of methoxy groups -OCH3 is 1. The van der Waals surface area contributed by atoms with Crippen LogP contribution >= 0.6 is 11.6 Å². The number of amides is 1. The first-order chi connectivity index (χ1) is 10.0. The average molecular weight is 305 g/mol. The number of carbonyl (C=O) groups is 1. The monoisotopic (exact) mass is 304 g/mol. The van der Waals surface area contributed by atoms with Gasteiger partial charge in [-0.25, -0.2) is 0 Å². The van der Waals surface area contributed by atoms with Gasteiger partial charge < -0.3 is 15.8 Å². The molecular formula is C16H17ClN2O2. The van der Waals surface area contributed by atoms with Crippen molar-refractivity contribution < 1.29 is 9.53 Å². The van der Waals surface area contributed by atoms with Gasteiger partial charge in [0.05, 0.1) is 18.7 Å². The lowest BCUT2D eigenvalue weighted by Crippen LogP contribution is -2.27. The summed E-state index contributed by atoms with van der Waals surface area (Å²) in [6, 6.07) is 12.2. The Labute approximate surface area is 128 Å². The molecule has 2 aromatic carbocycles. The van der Waals surface area contributed by atoms with Crippen molar-refractivity contribution in [3.63, 3.8) is 0 Å². The minimum atomic E-state index is -0.248. The molecule has 0 aromatic heterocycles. The number of para-hydroxylation sites is 1. The number of hydrogen-bond acceptors (Lipinski definition) is 3. The smallest absolute Gasteiger partial charge is 0.253 e. The first kappa shape index (κ1) is 15.2. The Kier molecular flexibility index (Phi) is 4.70. The van der Waals surface area contributed by atoms with Gasteiger partial charge in [0.2, 0.25) is 0 Å². The number of carbonyl (C=O) groups excluding carboxylic acids is 1. The molecular weight excluding hydrogens is 288 g/mol. The second kappa shape index (κ2) is 6.50. The zero-order chi connectivity index (χ0) is 15.4. The van der Waals surface area contributed by atoms with Gasteiger partial charge in [0, 0.05) is 16.3 Å². The van der Waals surface area contributed by atoms with Crippen LogP contribution in [0.2, 0.25) is 5.02 Å². The van der Waals surface area contributed by atoms with Gasteiger partial charge in [-0.05, 0) is 31.2 Å². The molecule has 0 heterocycles. The van der Waals surface area contributed by atoms with Gasteiger partial charge in [0.1, 0.15) is 5.75 Å². The fourth-order valence-electron chi connectivity index (χ4n) is 2.12. The van der Waals surface area contributed by atoms with E-state index in [-0.39, 0.29) is 11.9 Å². The van der Waals surface area contributed by atoms with Crippen molar-refractivity contribution in [2.24, 2.45) is 0 Å². The minimum Gasteiger partial charge on any atom is -0.496 e. The normalized spacial score (nSPS) is 11.8. The van der Waals surface area contributed by atoms with Gasteiger partial charge in [-0.2, -0.15) is 0 Å². The molecule has 0 spiro atoms. The number of nitrogen functional groups attached to an aromatic ring is 1. The molecule has 21 heavy (non-hydrogen) atoms. The Morgan fingerprint density at radius 1 is 1.29 bits per heavy atom. The molecule has 1 atom stereocenters. The van der Waals surface area contributed by atoms with Gasteiger partial charge in [-0.3, -0.25) is 4.79 Å². The number of anilines is 1. The number of hydrogen-bond donors (Lipinski definition) is 2. The second-order valence-corrected chi connectivity index (χ2v) is 5.11. The predicted molar refractivity (Wildman–Crippen MR) is 84.7 cm³/mol. The molecule has 110 valence electrons. The standard InChI is InChI=1S/C16H17ClN2O2/c1-10(12-5-3-4-6-15(12)21-2)19-16(20)13-8-7-11(17)9-14(13)18/h3-10H,18H2,1-2H3,(H,19,20). The molecule has 0 saturated heterocycles. The largest absolute Gasteiger partial charge is 0.496 e. The summed E-state index contributed by atoms with van der Waals surface area (Å²) in [5.41, 5.74) is 7.48. The highest BCUT2D eigenvalue weighted by Gasteiger charge is 2.16. The zero-order valence-electron chi connectivity index (χ0n) is 11.9. The summed E-state index contributed by atoms with van der Waals surface area (Å²) in [5.74, 6) is 0.483.